The number of nitrogens with one attached hydrogen (secondary N) is 1. The minimum absolute atomic E-state index is 0.295. The van der Waals surface area contributed by atoms with Crippen LogP contribution in [0.2, 0.25) is 0 Å². The zero-order valence-electron chi connectivity index (χ0n) is 12.4. The van der Waals surface area contributed by atoms with Gasteiger partial charge in [0.1, 0.15) is 5.75 Å². The zero-order valence-corrected chi connectivity index (χ0v) is 12.4. The largest absolute Gasteiger partial charge is 0.508 e. The Morgan fingerprint density at radius 2 is 1.95 bits per heavy atom. The van der Waals surface area contributed by atoms with E-state index in [9.17, 15) is 5.11 Å². The van der Waals surface area contributed by atoms with E-state index in [1.54, 1.807) is 12.1 Å². The van der Waals surface area contributed by atoms with Gasteiger partial charge in [-0.15, -0.1) is 0 Å². The summed E-state index contributed by atoms with van der Waals surface area (Å²) in [4.78, 5) is 0. The minimum atomic E-state index is 0.295. The molecule has 0 amide bonds. The van der Waals surface area contributed by atoms with E-state index in [1.807, 2.05) is 23.7 Å². The third-order valence-electron chi connectivity index (χ3n) is 3.20. The van der Waals surface area contributed by atoms with E-state index in [0.717, 1.165) is 30.9 Å². The SMILES string of the molecule is Cc1nn(Cc2ccc(O)cc2)cc1CNCC(C)C. The quantitative estimate of drug-likeness (QED) is 0.851. The van der Waals surface area contributed by atoms with Crippen LogP contribution in [-0.2, 0) is 13.1 Å². The predicted molar refractivity (Wildman–Crippen MR) is 80.7 cm³/mol. The third-order valence-corrected chi connectivity index (χ3v) is 3.20. The van der Waals surface area contributed by atoms with Crippen molar-refractivity contribution in [3.8, 4) is 5.75 Å². The summed E-state index contributed by atoms with van der Waals surface area (Å²) in [5.74, 6) is 0.950. The van der Waals surface area contributed by atoms with Crippen LogP contribution in [0.15, 0.2) is 30.5 Å². The number of phenols is 1. The van der Waals surface area contributed by atoms with E-state index in [0.29, 0.717) is 11.7 Å². The Labute approximate surface area is 120 Å². The molecule has 0 fully saturated rings. The molecule has 1 aromatic heterocycles. The highest BCUT2D eigenvalue weighted by atomic mass is 16.3. The van der Waals surface area contributed by atoms with Gasteiger partial charge in [0.25, 0.3) is 0 Å². The minimum Gasteiger partial charge on any atom is -0.508 e. The average molecular weight is 273 g/mol. The van der Waals surface area contributed by atoms with Gasteiger partial charge >= 0.3 is 0 Å². The van der Waals surface area contributed by atoms with Crippen LogP contribution in [-0.4, -0.2) is 21.4 Å². The number of aryl methyl sites for hydroxylation is 1. The van der Waals surface area contributed by atoms with Crippen LogP contribution in [0.1, 0.15) is 30.7 Å². The second kappa shape index (κ2) is 6.57. The molecule has 0 radical (unpaired) electrons. The Kier molecular flexibility index (Phi) is 4.79. The van der Waals surface area contributed by atoms with Gasteiger partial charge in [0.2, 0.25) is 0 Å². The van der Waals surface area contributed by atoms with Gasteiger partial charge < -0.3 is 10.4 Å². The first kappa shape index (κ1) is 14.6. The molecule has 0 saturated carbocycles. The van der Waals surface area contributed by atoms with Gasteiger partial charge in [-0.25, -0.2) is 0 Å². The molecule has 4 heteroatoms. The molecule has 4 nitrogen and oxygen atoms in total. The molecule has 108 valence electrons. The van der Waals surface area contributed by atoms with Crippen molar-refractivity contribution >= 4 is 0 Å². The topological polar surface area (TPSA) is 50.1 Å². The Morgan fingerprint density at radius 1 is 1.25 bits per heavy atom. The van der Waals surface area contributed by atoms with Gasteiger partial charge in [0, 0.05) is 18.3 Å². The second-order valence-electron chi connectivity index (χ2n) is 5.63. The molecule has 2 rings (SSSR count). The van der Waals surface area contributed by atoms with Crippen molar-refractivity contribution in [2.24, 2.45) is 5.92 Å². The van der Waals surface area contributed by atoms with E-state index in [2.05, 4.69) is 30.5 Å². The van der Waals surface area contributed by atoms with Crippen LogP contribution in [0.4, 0.5) is 0 Å². The van der Waals surface area contributed by atoms with E-state index in [1.165, 1.54) is 5.56 Å². The van der Waals surface area contributed by atoms with E-state index < -0.39 is 0 Å². The molecule has 0 aliphatic heterocycles. The molecule has 1 aromatic carbocycles. The number of nitrogens with zero attached hydrogens (tertiary/aromatic N) is 2. The van der Waals surface area contributed by atoms with E-state index in [4.69, 9.17) is 0 Å². The summed E-state index contributed by atoms with van der Waals surface area (Å²) in [5, 5.41) is 17.3. The molecule has 20 heavy (non-hydrogen) atoms. The molecule has 0 spiro atoms. The van der Waals surface area contributed by atoms with E-state index >= 15 is 0 Å². The summed E-state index contributed by atoms with van der Waals surface area (Å²) in [5.41, 5.74) is 3.44. The van der Waals surface area contributed by atoms with Gasteiger partial charge in [0.05, 0.1) is 12.2 Å². The number of hydrogen-bond acceptors (Lipinski definition) is 3. The van der Waals surface area contributed by atoms with Crippen molar-refractivity contribution in [1.29, 1.82) is 0 Å². The predicted octanol–water partition coefficient (Wildman–Crippen LogP) is 2.69. The molecule has 2 aromatic rings. The third kappa shape index (κ3) is 4.10. The number of benzene rings is 1. The van der Waals surface area contributed by atoms with Crippen molar-refractivity contribution in [3.63, 3.8) is 0 Å². The molecule has 2 N–H and O–H groups in total. The van der Waals surface area contributed by atoms with Crippen molar-refractivity contribution < 1.29 is 5.11 Å². The average Bonchev–Trinajstić information content (AvgIpc) is 2.72. The fourth-order valence-electron chi connectivity index (χ4n) is 2.10. The summed E-state index contributed by atoms with van der Waals surface area (Å²) in [7, 11) is 0. The second-order valence-corrected chi connectivity index (χ2v) is 5.63. The maximum absolute atomic E-state index is 9.28. The summed E-state index contributed by atoms with van der Waals surface area (Å²) in [6, 6.07) is 7.25. The Hall–Kier alpha value is -1.81. The van der Waals surface area contributed by atoms with Gasteiger partial charge in [-0.1, -0.05) is 26.0 Å². The van der Waals surface area contributed by atoms with Gasteiger partial charge in [-0.3, -0.25) is 4.68 Å². The molecular formula is C16H23N3O. The lowest BCUT2D eigenvalue weighted by Gasteiger charge is -2.06. The molecule has 0 saturated heterocycles. The maximum Gasteiger partial charge on any atom is 0.115 e. The Balaban J connectivity index is 1.97. The zero-order chi connectivity index (χ0) is 14.5. The maximum atomic E-state index is 9.28. The number of aromatic hydroxyl groups is 1. The number of phenolic OH excluding ortho intramolecular Hbond substituents is 1. The summed E-state index contributed by atoms with van der Waals surface area (Å²) in [6.07, 6.45) is 2.09. The number of rotatable bonds is 6. The molecule has 0 atom stereocenters. The van der Waals surface area contributed by atoms with Crippen LogP contribution >= 0.6 is 0 Å². The Bertz CT molecular complexity index is 543. The fourth-order valence-corrected chi connectivity index (χ4v) is 2.10. The monoisotopic (exact) mass is 273 g/mol. The fraction of sp³-hybridized carbons (Fsp3) is 0.438. The molecule has 0 aliphatic carbocycles. The van der Waals surface area contributed by atoms with Crippen molar-refractivity contribution in [3.05, 3.63) is 47.3 Å². The summed E-state index contributed by atoms with van der Waals surface area (Å²) in [6.45, 7) is 9.05. The standard InChI is InChI=1S/C16H23N3O/c1-12(2)8-17-9-15-11-19(18-13(15)3)10-14-4-6-16(20)7-5-14/h4-7,11-12,17,20H,8-10H2,1-3H3. The van der Waals surface area contributed by atoms with Crippen molar-refractivity contribution in [2.45, 2.75) is 33.9 Å². The van der Waals surface area contributed by atoms with Gasteiger partial charge in [-0.2, -0.15) is 5.10 Å². The summed E-state index contributed by atoms with van der Waals surface area (Å²) < 4.78 is 1.95. The lowest BCUT2D eigenvalue weighted by molar-refractivity contribution is 0.475. The highest BCUT2D eigenvalue weighted by Gasteiger charge is 2.05. The van der Waals surface area contributed by atoms with Crippen LogP contribution in [0.25, 0.3) is 0 Å². The number of aromatic nitrogens is 2. The van der Waals surface area contributed by atoms with Crippen molar-refractivity contribution in [2.75, 3.05) is 6.54 Å². The van der Waals surface area contributed by atoms with Gasteiger partial charge in [-0.05, 0) is 37.1 Å². The van der Waals surface area contributed by atoms with Crippen LogP contribution in [0.3, 0.4) is 0 Å². The Morgan fingerprint density at radius 3 is 2.60 bits per heavy atom. The molecular weight excluding hydrogens is 250 g/mol. The highest BCUT2D eigenvalue weighted by molar-refractivity contribution is 5.26. The first-order chi connectivity index (χ1) is 9.54. The van der Waals surface area contributed by atoms with Crippen molar-refractivity contribution in [1.82, 2.24) is 15.1 Å². The lowest BCUT2D eigenvalue weighted by atomic mass is 10.2. The first-order valence-corrected chi connectivity index (χ1v) is 7.06. The van der Waals surface area contributed by atoms with E-state index in [-0.39, 0.29) is 0 Å². The van der Waals surface area contributed by atoms with Gasteiger partial charge in [0.15, 0.2) is 0 Å². The van der Waals surface area contributed by atoms with Crippen LogP contribution in [0.5, 0.6) is 5.75 Å². The smallest absolute Gasteiger partial charge is 0.115 e. The molecule has 0 aliphatic rings. The van der Waals surface area contributed by atoms with Crippen LogP contribution in [0, 0.1) is 12.8 Å². The highest BCUT2D eigenvalue weighted by Crippen LogP contribution is 2.12. The molecule has 0 unspecified atom stereocenters. The lowest BCUT2D eigenvalue weighted by Crippen LogP contribution is -2.19. The normalized spacial score (nSPS) is 11.2. The first-order valence-electron chi connectivity index (χ1n) is 7.06. The van der Waals surface area contributed by atoms with Crippen LogP contribution < -0.4 is 5.32 Å². The molecule has 1 heterocycles. The molecule has 0 bridgehead atoms. The summed E-state index contributed by atoms with van der Waals surface area (Å²) >= 11 is 0. The number of hydrogen-bond donors (Lipinski definition) is 2.